The number of benzene rings is 1. The minimum absolute atomic E-state index is 0.0793. The second-order valence-electron chi connectivity index (χ2n) is 9.36. The number of nitrogen functional groups attached to an aromatic ring is 1. The third-order valence-electron chi connectivity index (χ3n) is 7.63. The van der Waals surface area contributed by atoms with Gasteiger partial charge in [-0.05, 0) is 35.8 Å². The van der Waals surface area contributed by atoms with E-state index in [1.807, 2.05) is 5.51 Å². The van der Waals surface area contributed by atoms with Crippen molar-refractivity contribution in [3.63, 3.8) is 0 Å². The van der Waals surface area contributed by atoms with Crippen LogP contribution >= 0.6 is 11.3 Å². The number of hydrogen-bond acceptors (Lipinski definition) is 8. The van der Waals surface area contributed by atoms with Gasteiger partial charge in [0.1, 0.15) is 5.82 Å². The lowest BCUT2D eigenvalue weighted by Crippen LogP contribution is -2.44. The second-order valence-corrected chi connectivity index (χ2v) is 10.3. The van der Waals surface area contributed by atoms with E-state index in [2.05, 4.69) is 44.1 Å². The van der Waals surface area contributed by atoms with Crippen molar-refractivity contribution in [3.05, 3.63) is 63.4 Å². The minimum atomic E-state index is -0.169. The normalized spacial score (nSPS) is 21.2. The SMILES string of the molecule is Nc1nc(N2CCC3(CC2)Cc2ccccc2[C@H]3N)cnc1C(=O)N1CCc2ncsc2C1. The summed E-state index contributed by atoms with van der Waals surface area (Å²) in [4.78, 5) is 31.6. The van der Waals surface area contributed by atoms with Crippen LogP contribution in [-0.4, -0.2) is 45.4 Å². The highest BCUT2D eigenvalue weighted by molar-refractivity contribution is 7.09. The molecule has 1 aliphatic carbocycles. The maximum atomic E-state index is 13.1. The van der Waals surface area contributed by atoms with Crippen LogP contribution in [0.25, 0.3) is 0 Å². The van der Waals surface area contributed by atoms with Crippen LogP contribution in [-0.2, 0) is 19.4 Å². The average Bonchev–Trinajstić information content (AvgIpc) is 3.41. The van der Waals surface area contributed by atoms with E-state index in [9.17, 15) is 4.79 Å². The lowest BCUT2D eigenvalue weighted by molar-refractivity contribution is 0.0731. The van der Waals surface area contributed by atoms with Crippen molar-refractivity contribution < 1.29 is 4.79 Å². The number of amides is 1. The highest BCUT2D eigenvalue weighted by atomic mass is 32.1. The first-order valence-electron chi connectivity index (χ1n) is 11.5. The Labute approximate surface area is 196 Å². The number of fused-ring (bicyclic) bond motifs is 2. The number of piperidine rings is 1. The first-order valence-corrected chi connectivity index (χ1v) is 12.3. The number of hydrogen-bond donors (Lipinski definition) is 2. The number of carbonyl (C=O) groups is 1. The van der Waals surface area contributed by atoms with Crippen molar-refractivity contribution in [1.82, 2.24) is 19.9 Å². The Morgan fingerprint density at radius 1 is 1.15 bits per heavy atom. The summed E-state index contributed by atoms with van der Waals surface area (Å²) in [5, 5.41) is 0. The van der Waals surface area contributed by atoms with Crippen molar-refractivity contribution in [2.75, 3.05) is 30.3 Å². The summed E-state index contributed by atoms with van der Waals surface area (Å²) in [5.74, 6) is 0.752. The molecule has 3 aliphatic rings. The highest BCUT2D eigenvalue weighted by Gasteiger charge is 2.46. The van der Waals surface area contributed by atoms with Gasteiger partial charge in [-0.25, -0.2) is 15.0 Å². The van der Waals surface area contributed by atoms with Crippen LogP contribution in [0.1, 0.15) is 51.1 Å². The van der Waals surface area contributed by atoms with Gasteiger partial charge in [0, 0.05) is 37.0 Å². The predicted octanol–water partition coefficient (Wildman–Crippen LogP) is 2.56. The Kier molecular flexibility index (Phi) is 4.84. The van der Waals surface area contributed by atoms with Gasteiger partial charge in [-0.1, -0.05) is 24.3 Å². The van der Waals surface area contributed by atoms with Crippen molar-refractivity contribution >= 4 is 28.9 Å². The average molecular weight is 462 g/mol. The maximum absolute atomic E-state index is 13.1. The second kappa shape index (κ2) is 7.78. The molecular weight excluding hydrogens is 434 g/mol. The molecular formula is C24H27N7OS. The molecule has 1 spiro atoms. The van der Waals surface area contributed by atoms with E-state index in [-0.39, 0.29) is 28.9 Å². The minimum Gasteiger partial charge on any atom is -0.382 e. The largest absolute Gasteiger partial charge is 0.382 e. The quantitative estimate of drug-likeness (QED) is 0.603. The molecule has 170 valence electrons. The fourth-order valence-corrected chi connectivity index (χ4v) is 6.47. The third kappa shape index (κ3) is 3.38. The van der Waals surface area contributed by atoms with Crippen LogP contribution in [0, 0.1) is 5.41 Å². The Hall–Kier alpha value is -3.04. The summed E-state index contributed by atoms with van der Waals surface area (Å²) >= 11 is 1.58. The van der Waals surface area contributed by atoms with Gasteiger partial charge in [-0.2, -0.15) is 0 Å². The molecule has 1 amide bonds. The zero-order valence-electron chi connectivity index (χ0n) is 18.4. The van der Waals surface area contributed by atoms with E-state index in [1.54, 1.807) is 22.4 Å². The van der Waals surface area contributed by atoms with E-state index >= 15 is 0 Å². The third-order valence-corrected chi connectivity index (χ3v) is 8.49. The van der Waals surface area contributed by atoms with E-state index < -0.39 is 0 Å². The number of nitrogens with two attached hydrogens (primary N) is 2. The van der Waals surface area contributed by atoms with Crippen LogP contribution in [0.2, 0.25) is 0 Å². The molecule has 6 rings (SSSR count). The molecule has 1 fully saturated rings. The molecule has 2 aromatic heterocycles. The van der Waals surface area contributed by atoms with Crippen molar-refractivity contribution in [2.45, 2.75) is 38.3 Å². The number of thiazole rings is 1. The summed E-state index contributed by atoms with van der Waals surface area (Å²) in [7, 11) is 0. The summed E-state index contributed by atoms with van der Waals surface area (Å²) < 4.78 is 0. The molecule has 1 aromatic carbocycles. The van der Waals surface area contributed by atoms with Gasteiger partial charge in [0.15, 0.2) is 11.5 Å². The standard InChI is InChI=1S/C24H27N7OS/c25-21-16-4-2-1-3-15(16)11-24(21)6-9-30(10-7-24)19-12-27-20(22(26)29-19)23(32)31-8-5-17-18(13-31)33-14-28-17/h1-4,12,14,21H,5-11,13,25H2,(H2,26,29)/t21-/m1/s1. The highest BCUT2D eigenvalue weighted by Crippen LogP contribution is 2.50. The predicted molar refractivity (Wildman–Crippen MR) is 128 cm³/mol. The lowest BCUT2D eigenvalue weighted by Gasteiger charge is -2.42. The van der Waals surface area contributed by atoms with E-state index in [0.717, 1.165) is 55.2 Å². The maximum Gasteiger partial charge on any atom is 0.276 e. The molecule has 1 saturated heterocycles. The molecule has 0 radical (unpaired) electrons. The number of carbonyl (C=O) groups excluding carboxylic acids is 1. The molecule has 0 saturated carbocycles. The fraction of sp³-hybridized carbons (Fsp3) is 0.417. The smallest absolute Gasteiger partial charge is 0.276 e. The van der Waals surface area contributed by atoms with Gasteiger partial charge >= 0.3 is 0 Å². The van der Waals surface area contributed by atoms with Gasteiger partial charge in [-0.15, -0.1) is 11.3 Å². The first kappa shape index (κ1) is 20.6. The molecule has 3 aromatic rings. The number of anilines is 2. The molecule has 33 heavy (non-hydrogen) atoms. The zero-order chi connectivity index (χ0) is 22.6. The lowest BCUT2D eigenvalue weighted by atomic mass is 9.73. The van der Waals surface area contributed by atoms with Crippen molar-refractivity contribution in [1.29, 1.82) is 0 Å². The molecule has 1 atom stereocenters. The Morgan fingerprint density at radius 2 is 1.97 bits per heavy atom. The molecule has 9 heteroatoms. The zero-order valence-corrected chi connectivity index (χ0v) is 19.2. The Morgan fingerprint density at radius 3 is 2.76 bits per heavy atom. The summed E-state index contributed by atoms with van der Waals surface area (Å²) in [6.07, 6.45) is 5.48. The molecule has 4 N–H and O–H groups in total. The molecule has 0 unspecified atom stereocenters. The van der Waals surface area contributed by atoms with Gasteiger partial charge < -0.3 is 21.3 Å². The Balaban J connectivity index is 1.15. The first-order chi connectivity index (χ1) is 16.0. The van der Waals surface area contributed by atoms with Crippen molar-refractivity contribution in [2.24, 2.45) is 11.1 Å². The van der Waals surface area contributed by atoms with E-state index in [0.29, 0.717) is 13.1 Å². The molecule has 4 heterocycles. The molecule has 2 aliphatic heterocycles. The summed E-state index contributed by atoms with van der Waals surface area (Å²) in [6, 6.07) is 8.63. The van der Waals surface area contributed by atoms with Crippen LogP contribution in [0.15, 0.2) is 36.0 Å². The van der Waals surface area contributed by atoms with Crippen LogP contribution in [0.5, 0.6) is 0 Å². The fourth-order valence-electron chi connectivity index (χ4n) is 5.64. The monoisotopic (exact) mass is 461 g/mol. The van der Waals surface area contributed by atoms with Gasteiger partial charge in [0.2, 0.25) is 0 Å². The number of nitrogens with zero attached hydrogens (tertiary/aromatic N) is 5. The van der Waals surface area contributed by atoms with Gasteiger partial charge in [0.25, 0.3) is 5.91 Å². The van der Waals surface area contributed by atoms with Crippen LogP contribution in [0.4, 0.5) is 11.6 Å². The molecule has 0 bridgehead atoms. The van der Waals surface area contributed by atoms with E-state index in [4.69, 9.17) is 11.5 Å². The molecule has 8 nitrogen and oxygen atoms in total. The Bertz CT molecular complexity index is 1220. The van der Waals surface area contributed by atoms with Gasteiger partial charge in [-0.3, -0.25) is 4.79 Å². The number of rotatable bonds is 2. The van der Waals surface area contributed by atoms with Crippen molar-refractivity contribution in [3.8, 4) is 0 Å². The summed E-state index contributed by atoms with van der Waals surface area (Å²) in [6.45, 7) is 2.88. The van der Waals surface area contributed by atoms with E-state index in [1.165, 1.54) is 11.1 Å². The van der Waals surface area contributed by atoms with Crippen LogP contribution in [0.3, 0.4) is 0 Å². The van der Waals surface area contributed by atoms with Crippen LogP contribution < -0.4 is 16.4 Å². The number of aromatic nitrogens is 3. The summed E-state index contributed by atoms with van der Waals surface area (Å²) in [5.41, 5.74) is 18.9. The topological polar surface area (TPSA) is 114 Å². The van der Waals surface area contributed by atoms with Gasteiger partial charge in [0.05, 0.1) is 23.9 Å².